The summed E-state index contributed by atoms with van der Waals surface area (Å²) >= 11 is 0. The third-order valence-electron chi connectivity index (χ3n) is 11.1. The van der Waals surface area contributed by atoms with E-state index < -0.39 is 5.97 Å². The molecule has 0 aliphatic heterocycles. The predicted molar refractivity (Wildman–Crippen MR) is 171 cm³/mol. The van der Waals surface area contributed by atoms with E-state index in [1.165, 1.54) is 51.4 Å². The minimum absolute atomic E-state index is 0.0687. The molecule has 1 N–H and O–H groups in total. The van der Waals surface area contributed by atoms with Gasteiger partial charge >= 0.3 is 5.97 Å². The van der Waals surface area contributed by atoms with Crippen molar-refractivity contribution in [2.45, 2.75) is 153 Å². The summed E-state index contributed by atoms with van der Waals surface area (Å²) in [6.07, 6.45) is 22.4. The highest BCUT2D eigenvalue weighted by Crippen LogP contribution is 2.36. The highest BCUT2D eigenvalue weighted by Gasteiger charge is 2.36. The molecule has 0 radical (unpaired) electrons. The van der Waals surface area contributed by atoms with E-state index >= 15 is 0 Å². The molecule has 6 nitrogen and oxygen atoms in total. The van der Waals surface area contributed by atoms with E-state index in [0.29, 0.717) is 28.6 Å². The number of nitrogens with zero attached hydrogens (tertiary/aromatic N) is 2. The zero-order valence-electron chi connectivity index (χ0n) is 25.9. The van der Waals surface area contributed by atoms with Gasteiger partial charge in [-0.2, -0.15) is 0 Å². The van der Waals surface area contributed by atoms with Crippen LogP contribution in [0.3, 0.4) is 0 Å². The molecule has 2 aromatic carbocycles. The van der Waals surface area contributed by atoms with Gasteiger partial charge in [0, 0.05) is 29.7 Å². The average molecular weight is 587 g/mol. The number of carboxylic acid groups (broad SMARTS) is 1. The Morgan fingerprint density at radius 1 is 0.535 bits per heavy atom. The number of amides is 2. The Balaban J connectivity index is 1.38. The maximum Gasteiger partial charge on any atom is 0.336 e. The van der Waals surface area contributed by atoms with Crippen LogP contribution in [0, 0.1) is 0 Å². The molecule has 0 heterocycles. The first-order valence-electron chi connectivity index (χ1n) is 17.5. The monoisotopic (exact) mass is 586 g/mol. The van der Waals surface area contributed by atoms with Crippen LogP contribution < -0.4 is 0 Å². The average Bonchev–Trinajstić information content (AvgIpc) is 3.06. The molecule has 0 bridgehead atoms. The van der Waals surface area contributed by atoms with Crippen molar-refractivity contribution < 1.29 is 19.5 Å². The van der Waals surface area contributed by atoms with Crippen LogP contribution in [0.2, 0.25) is 0 Å². The Hall–Kier alpha value is -2.89. The molecule has 4 aliphatic carbocycles. The van der Waals surface area contributed by atoms with Crippen molar-refractivity contribution in [3.63, 3.8) is 0 Å². The van der Waals surface area contributed by atoms with Gasteiger partial charge in [0.2, 0.25) is 0 Å². The lowest BCUT2D eigenvalue weighted by Crippen LogP contribution is -2.49. The summed E-state index contributed by atoms with van der Waals surface area (Å²) in [5.74, 6) is -1.10. The van der Waals surface area contributed by atoms with Crippen molar-refractivity contribution in [1.82, 2.24) is 9.80 Å². The largest absolute Gasteiger partial charge is 0.478 e. The Morgan fingerprint density at radius 2 is 0.953 bits per heavy atom. The molecular formula is C37H50N2O4. The van der Waals surface area contributed by atoms with Crippen molar-refractivity contribution >= 4 is 28.6 Å². The Labute approximate surface area is 257 Å². The molecule has 4 fully saturated rings. The van der Waals surface area contributed by atoms with Crippen LogP contribution in [-0.4, -0.2) is 56.9 Å². The molecule has 232 valence electrons. The maximum atomic E-state index is 14.6. The maximum absolute atomic E-state index is 14.6. The van der Waals surface area contributed by atoms with E-state index in [2.05, 4.69) is 9.80 Å². The number of aromatic carboxylic acids is 1. The first-order chi connectivity index (χ1) is 21.0. The molecule has 6 rings (SSSR count). The molecule has 0 spiro atoms. The second kappa shape index (κ2) is 13.8. The minimum atomic E-state index is -1.07. The van der Waals surface area contributed by atoms with E-state index in [-0.39, 0.29) is 29.5 Å². The quantitative estimate of drug-likeness (QED) is 0.352. The number of carboxylic acids is 1. The van der Waals surface area contributed by atoms with Gasteiger partial charge in [-0.15, -0.1) is 0 Å². The van der Waals surface area contributed by atoms with Gasteiger partial charge in [-0.3, -0.25) is 9.59 Å². The van der Waals surface area contributed by atoms with Crippen LogP contribution in [0.15, 0.2) is 30.3 Å². The topological polar surface area (TPSA) is 77.9 Å². The van der Waals surface area contributed by atoms with Crippen LogP contribution in [0.1, 0.15) is 159 Å². The molecule has 4 aliphatic rings. The van der Waals surface area contributed by atoms with Gasteiger partial charge < -0.3 is 14.9 Å². The molecule has 4 saturated carbocycles. The van der Waals surface area contributed by atoms with Gasteiger partial charge in [-0.25, -0.2) is 4.79 Å². The molecule has 0 unspecified atom stereocenters. The molecule has 6 heteroatoms. The number of carbonyl (C=O) groups is 3. The van der Waals surface area contributed by atoms with E-state index in [0.717, 1.165) is 82.4 Å². The van der Waals surface area contributed by atoms with E-state index in [4.69, 9.17) is 0 Å². The van der Waals surface area contributed by atoms with Crippen molar-refractivity contribution in [2.24, 2.45) is 0 Å². The Bertz CT molecular complexity index is 1260. The smallest absolute Gasteiger partial charge is 0.336 e. The fourth-order valence-corrected chi connectivity index (χ4v) is 8.85. The fraction of sp³-hybridized carbons (Fsp3) is 0.649. The van der Waals surface area contributed by atoms with Gasteiger partial charge in [0.05, 0.1) is 11.1 Å². The van der Waals surface area contributed by atoms with E-state index in [1.54, 1.807) is 12.1 Å². The van der Waals surface area contributed by atoms with Crippen LogP contribution >= 0.6 is 0 Å². The fourth-order valence-electron chi connectivity index (χ4n) is 8.85. The van der Waals surface area contributed by atoms with E-state index in [1.807, 2.05) is 18.2 Å². The van der Waals surface area contributed by atoms with Crippen molar-refractivity contribution in [1.29, 1.82) is 0 Å². The molecule has 0 atom stereocenters. The Morgan fingerprint density at radius 3 is 1.37 bits per heavy atom. The van der Waals surface area contributed by atoms with Gasteiger partial charge in [0.1, 0.15) is 0 Å². The third-order valence-corrected chi connectivity index (χ3v) is 11.1. The van der Waals surface area contributed by atoms with Gasteiger partial charge in [-0.1, -0.05) is 89.2 Å². The lowest BCUT2D eigenvalue weighted by atomic mass is 9.86. The summed E-state index contributed by atoms with van der Waals surface area (Å²) in [6, 6.07) is 9.96. The molecule has 2 amide bonds. The zero-order valence-corrected chi connectivity index (χ0v) is 25.9. The summed E-state index contributed by atoms with van der Waals surface area (Å²) in [4.78, 5) is 45.7. The zero-order chi connectivity index (χ0) is 29.8. The normalized spacial score (nSPS) is 21.5. The minimum Gasteiger partial charge on any atom is -0.478 e. The first-order valence-corrected chi connectivity index (χ1v) is 17.5. The summed E-state index contributed by atoms with van der Waals surface area (Å²) in [5.41, 5.74) is 1.03. The lowest BCUT2D eigenvalue weighted by molar-refractivity contribution is 0.0440. The lowest BCUT2D eigenvalue weighted by Gasteiger charge is -2.42. The van der Waals surface area contributed by atoms with Crippen LogP contribution in [0.5, 0.6) is 0 Å². The van der Waals surface area contributed by atoms with Crippen LogP contribution in [-0.2, 0) is 0 Å². The second-order valence-electron chi connectivity index (χ2n) is 13.8. The Kier molecular flexibility index (Phi) is 9.69. The standard InChI is InChI=1S/C37H50N2O4/c40-35(38(28-13-5-1-6-14-28)29-15-7-2-8-16-29)27-22-23-32-26(25-27)21-24-33(37(42)43)34(32)36(41)39(30-17-9-3-10-18-30)31-19-11-4-12-20-31/h21-25,28-31H,1-20H2,(H,42,43). The SMILES string of the molecule is O=C(O)c1ccc2cc(C(=O)N(C3CCCCC3)C3CCCCC3)ccc2c1C(=O)N(C1CCCCC1)C1CCCCC1. The van der Waals surface area contributed by atoms with E-state index in [9.17, 15) is 19.5 Å². The summed E-state index contributed by atoms with van der Waals surface area (Å²) < 4.78 is 0. The van der Waals surface area contributed by atoms with Crippen molar-refractivity contribution in [3.05, 3.63) is 47.0 Å². The number of hydrogen-bond acceptors (Lipinski definition) is 3. The molecule has 0 saturated heterocycles. The van der Waals surface area contributed by atoms with Crippen molar-refractivity contribution in [2.75, 3.05) is 0 Å². The number of fused-ring (bicyclic) bond motifs is 1. The highest BCUT2D eigenvalue weighted by atomic mass is 16.4. The number of carbonyl (C=O) groups excluding carboxylic acids is 2. The molecule has 0 aromatic heterocycles. The van der Waals surface area contributed by atoms with Gasteiger partial charge in [-0.05, 0) is 80.3 Å². The first kappa shape index (κ1) is 30.1. The number of hydrogen-bond donors (Lipinski definition) is 1. The van der Waals surface area contributed by atoms with Crippen LogP contribution in [0.4, 0.5) is 0 Å². The molecular weight excluding hydrogens is 536 g/mol. The summed E-state index contributed by atoms with van der Waals surface area (Å²) in [5, 5.41) is 11.7. The number of rotatable bonds is 7. The third kappa shape index (κ3) is 6.49. The van der Waals surface area contributed by atoms with Crippen molar-refractivity contribution in [3.8, 4) is 0 Å². The summed E-state index contributed by atoms with van der Waals surface area (Å²) in [7, 11) is 0. The number of benzene rings is 2. The van der Waals surface area contributed by atoms with Gasteiger partial charge in [0.15, 0.2) is 0 Å². The molecule has 43 heavy (non-hydrogen) atoms. The van der Waals surface area contributed by atoms with Crippen LogP contribution in [0.25, 0.3) is 10.8 Å². The summed E-state index contributed by atoms with van der Waals surface area (Å²) in [6.45, 7) is 0. The predicted octanol–water partition coefficient (Wildman–Crippen LogP) is 8.75. The molecule has 2 aromatic rings. The van der Waals surface area contributed by atoms with Gasteiger partial charge in [0.25, 0.3) is 11.8 Å². The highest BCUT2D eigenvalue weighted by molar-refractivity contribution is 6.15. The second-order valence-corrected chi connectivity index (χ2v) is 13.8.